The van der Waals surface area contributed by atoms with Gasteiger partial charge in [0.2, 0.25) is 5.91 Å². The number of pyridine rings is 1. The normalized spacial score (nSPS) is 17.7. The molecule has 2 aromatic carbocycles. The molecule has 3 N–H and O–H groups in total. The number of nitrogens with zero attached hydrogens (tertiary/aromatic N) is 5. The van der Waals surface area contributed by atoms with E-state index in [-0.39, 0.29) is 29.8 Å². The Bertz CT molecular complexity index is 1690. The predicted molar refractivity (Wildman–Crippen MR) is 203 cm³/mol. The summed E-state index contributed by atoms with van der Waals surface area (Å²) in [6, 6.07) is 19.3. The third-order valence-electron chi connectivity index (χ3n) is 10.5. The van der Waals surface area contributed by atoms with Crippen molar-refractivity contribution in [1.82, 2.24) is 9.88 Å². The Morgan fingerprint density at radius 1 is 0.902 bits per heavy atom. The molecule has 5 rings (SSSR count). The summed E-state index contributed by atoms with van der Waals surface area (Å²) in [5.74, 6) is 0.569. The minimum absolute atomic E-state index is 0.0241. The Hall–Kier alpha value is -4.41. The maximum atomic E-state index is 13.8. The quantitative estimate of drug-likeness (QED) is 0.105. The van der Waals surface area contributed by atoms with Gasteiger partial charge in [-0.05, 0) is 125 Å². The van der Waals surface area contributed by atoms with E-state index in [1.54, 1.807) is 0 Å². The fraction of sp³-hybridized carbons (Fsp3) is 0.488. The number of amidine groups is 1. The molecular formula is C41H53N7O3. The van der Waals surface area contributed by atoms with Crippen molar-refractivity contribution in [1.29, 1.82) is 0 Å². The van der Waals surface area contributed by atoms with Crippen molar-refractivity contribution in [2.45, 2.75) is 78.6 Å². The van der Waals surface area contributed by atoms with E-state index >= 15 is 0 Å². The van der Waals surface area contributed by atoms with Crippen LogP contribution in [0.2, 0.25) is 0 Å². The molecule has 0 spiro atoms. The summed E-state index contributed by atoms with van der Waals surface area (Å²) in [4.78, 5) is 51.5. The van der Waals surface area contributed by atoms with Gasteiger partial charge in [-0.2, -0.15) is 5.11 Å². The maximum Gasteiger partial charge on any atom is 0.228 e. The molecule has 1 atom stereocenters. The molecule has 1 amide bonds. The second kappa shape index (κ2) is 18.7. The van der Waals surface area contributed by atoms with Gasteiger partial charge in [0.25, 0.3) is 0 Å². The van der Waals surface area contributed by atoms with Crippen LogP contribution in [-0.4, -0.2) is 66.0 Å². The van der Waals surface area contributed by atoms with Crippen LogP contribution in [0.1, 0.15) is 92.5 Å². The fourth-order valence-electron chi connectivity index (χ4n) is 7.13. The molecular weight excluding hydrogens is 638 g/mol. The van der Waals surface area contributed by atoms with Crippen LogP contribution in [0, 0.1) is 24.7 Å². The number of rotatable bonds is 18. The van der Waals surface area contributed by atoms with Gasteiger partial charge in [-0.1, -0.05) is 44.2 Å². The summed E-state index contributed by atoms with van der Waals surface area (Å²) >= 11 is 0. The highest BCUT2D eigenvalue weighted by Gasteiger charge is 2.30. The van der Waals surface area contributed by atoms with Gasteiger partial charge in [0.1, 0.15) is 11.5 Å². The number of benzene rings is 2. The largest absolute Gasteiger partial charge is 0.330 e. The van der Waals surface area contributed by atoms with Gasteiger partial charge < -0.3 is 16.0 Å². The first kappa shape index (κ1) is 37.8. The van der Waals surface area contributed by atoms with E-state index in [2.05, 4.69) is 44.3 Å². The number of amides is 1. The van der Waals surface area contributed by atoms with Crippen LogP contribution in [0.5, 0.6) is 0 Å². The van der Waals surface area contributed by atoms with E-state index in [1.165, 1.54) is 0 Å². The molecule has 1 aromatic heterocycles. The van der Waals surface area contributed by atoms with Crippen molar-refractivity contribution < 1.29 is 14.4 Å². The van der Waals surface area contributed by atoms with E-state index < -0.39 is 5.92 Å². The summed E-state index contributed by atoms with van der Waals surface area (Å²) in [6.45, 7) is 10.3. The number of aryl methyl sites for hydroxylation is 1. The molecule has 1 fully saturated rings. The lowest BCUT2D eigenvalue weighted by atomic mass is 9.77. The number of carbonyl (C=O) groups excluding carboxylic acids is 3. The third-order valence-corrected chi connectivity index (χ3v) is 10.5. The molecule has 0 bridgehead atoms. The number of ketones is 2. The molecule has 3 aromatic rings. The lowest BCUT2D eigenvalue weighted by Gasteiger charge is -2.27. The number of anilines is 1. The van der Waals surface area contributed by atoms with Crippen molar-refractivity contribution >= 4 is 29.0 Å². The molecule has 0 unspecified atom stereocenters. The molecule has 2 heterocycles. The van der Waals surface area contributed by atoms with Crippen molar-refractivity contribution in [3.63, 3.8) is 0 Å². The summed E-state index contributed by atoms with van der Waals surface area (Å²) in [5.41, 5.74) is 11.6. The highest BCUT2D eigenvalue weighted by atomic mass is 16.2. The number of hydrogen-bond donors (Lipinski definition) is 2. The Balaban J connectivity index is 1.24. The van der Waals surface area contributed by atoms with Crippen molar-refractivity contribution in [3.8, 4) is 11.1 Å². The molecule has 10 nitrogen and oxygen atoms in total. The van der Waals surface area contributed by atoms with Crippen LogP contribution in [0.25, 0.3) is 11.1 Å². The Labute approximate surface area is 302 Å². The Morgan fingerprint density at radius 3 is 2.24 bits per heavy atom. The first-order chi connectivity index (χ1) is 24.8. The van der Waals surface area contributed by atoms with Crippen LogP contribution in [-0.2, 0) is 16.0 Å². The average molecular weight is 692 g/mol. The van der Waals surface area contributed by atoms with Gasteiger partial charge >= 0.3 is 0 Å². The molecule has 0 radical (unpaired) electrons. The molecule has 270 valence electrons. The molecule has 1 saturated carbocycles. The van der Waals surface area contributed by atoms with Gasteiger partial charge in [-0.25, -0.2) is 9.98 Å². The number of nitrogens with one attached hydrogen (secondary N) is 1. The number of nitrogens with two attached hydrogens (primary N) is 1. The number of Topliss-reactive ketones (excluding diaryl/α,β-unsaturated/α-hetero) is 2. The first-order valence-corrected chi connectivity index (χ1v) is 18.7. The van der Waals surface area contributed by atoms with E-state index in [1.807, 2.05) is 67.6 Å². The second-order valence-electron chi connectivity index (χ2n) is 13.9. The third kappa shape index (κ3) is 10.6. The standard InChI is InChI=1S/C41H53N7O3/c1-4-48(5-2)23-7-6-8-38(49)37-22-21-36(28(3)45-37)31-13-9-29(10-14-31)24-34(25-39(50)32-15-11-30(26-42)12-16-32)41(51)46-35-19-17-33(18-20-35)40-43-27-44-47-40/h9-10,13-14,17-22,30,32,34H,4-8,11-12,15-16,23-27,42H2,1-3H3,(H,46,51)/t30?,32?,34-/m1/s1. The fourth-order valence-corrected chi connectivity index (χ4v) is 7.13. The minimum Gasteiger partial charge on any atom is -0.330 e. The smallest absolute Gasteiger partial charge is 0.228 e. The summed E-state index contributed by atoms with van der Waals surface area (Å²) < 4.78 is 0. The maximum absolute atomic E-state index is 13.8. The van der Waals surface area contributed by atoms with Gasteiger partial charge in [0.05, 0.1) is 0 Å². The average Bonchev–Trinajstić information content (AvgIpc) is 3.70. The number of azo groups is 1. The predicted octanol–water partition coefficient (Wildman–Crippen LogP) is 7.44. The van der Waals surface area contributed by atoms with E-state index in [0.29, 0.717) is 49.2 Å². The summed E-state index contributed by atoms with van der Waals surface area (Å²) in [5, 5.41) is 11.0. The zero-order chi connectivity index (χ0) is 36.2. The molecule has 51 heavy (non-hydrogen) atoms. The number of unbranched alkanes of at least 4 members (excludes halogenated alkanes) is 1. The highest BCUT2D eigenvalue weighted by Crippen LogP contribution is 2.31. The van der Waals surface area contributed by atoms with Gasteiger partial charge in [-0.3, -0.25) is 14.4 Å². The van der Waals surface area contributed by atoms with Crippen LogP contribution >= 0.6 is 0 Å². The first-order valence-electron chi connectivity index (χ1n) is 18.7. The molecule has 0 saturated heterocycles. The Morgan fingerprint density at radius 2 is 1.61 bits per heavy atom. The second-order valence-corrected chi connectivity index (χ2v) is 13.9. The van der Waals surface area contributed by atoms with Crippen LogP contribution < -0.4 is 11.1 Å². The molecule has 10 heteroatoms. The van der Waals surface area contributed by atoms with E-state index in [9.17, 15) is 14.4 Å². The van der Waals surface area contributed by atoms with Crippen LogP contribution in [0.15, 0.2) is 75.9 Å². The SMILES string of the molecule is CCN(CC)CCCCC(=O)c1ccc(-c2ccc(C[C@H](CC(=O)C3CCC(CN)CC3)C(=O)Nc3ccc(C4=NCN=N4)cc3)cc2)c(C)n1. The molecule has 2 aliphatic rings. The topological polar surface area (TPSA) is 142 Å². The minimum atomic E-state index is -0.524. The van der Waals surface area contributed by atoms with Gasteiger partial charge in [0, 0.05) is 47.2 Å². The number of aromatic nitrogens is 1. The van der Waals surface area contributed by atoms with Crippen LogP contribution in [0.3, 0.4) is 0 Å². The number of carbonyl (C=O) groups is 3. The molecule has 1 aliphatic carbocycles. The Kier molecular flexibility index (Phi) is 13.9. The lowest BCUT2D eigenvalue weighted by molar-refractivity contribution is -0.129. The lowest BCUT2D eigenvalue weighted by Crippen LogP contribution is -2.31. The monoisotopic (exact) mass is 691 g/mol. The number of aliphatic imine (C=N–C) groups is 1. The zero-order valence-electron chi connectivity index (χ0n) is 30.4. The van der Waals surface area contributed by atoms with Crippen molar-refractivity contribution in [2.75, 3.05) is 38.2 Å². The summed E-state index contributed by atoms with van der Waals surface area (Å²) in [6.07, 6.45) is 6.57. The van der Waals surface area contributed by atoms with E-state index in [0.717, 1.165) is 86.1 Å². The van der Waals surface area contributed by atoms with Crippen molar-refractivity contribution in [2.24, 2.45) is 38.7 Å². The molecule has 1 aliphatic heterocycles. The van der Waals surface area contributed by atoms with E-state index in [4.69, 9.17) is 5.73 Å². The summed E-state index contributed by atoms with van der Waals surface area (Å²) in [7, 11) is 0. The van der Waals surface area contributed by atoms with Gasteiger partial charge in [-0.15, -0.1) is 5.11 Å². The number of hydrogen-bond acceptors (Lipinski definition) is 9. The highest BCUT2D eigenvalue weighted by molar-refractivity contribution is 6.01. The van der Waals surface area contributed by atoms with Crippen LogP contribution in [0.4, 0.5) is 5.69 Å². The van der Waals surface area contributed by atoms with Gasteiger partial charge in [0.15, 0.2) is 18.3 Å². The zero-order valence-corrected chi connectivity index (χ0v) is 30.4. The van der Waals surface area contributed by atoms with Crippen molar-refractivity contribution in [3.05, 3.63) is 83.2 Å².